The van der Waals surface area contributed by atoms with Gasteiger partial charge in [-0.25, -0.2) is 9.59 Å². The first-order chi connectivity index (χ1) is 13.1. The van der Waals surface area contributed by atoms with E-state index in [0.717, 1.165) is 0 Å². The average Bonchev–Trinajstić information content (AvgIpc) is 2.64. The smallest absolute Gasteiger partial charge is 0.335 e. The lowest BCUT2D eigenvalue weighted by atomic mass is 9.98. The quantitative estimate of drug-likeness (QED) is 0.408. The Morgan fingerprint density at radius 2 is 1.68 bits per heavy atom. The molecule has 28 heavy (non-hydrogen) atoms. The number of aryl methyl sites for hydroxylation is 1. The second-order valence-corrected chi connectivity index (χ2v) is 6.46. The van der Waals surface area contributed by atoms with Crippen molar-refractivity contribution in [1.82, 2.24) is 0 Å². The first-order valence-corrected chi connectivity index (χ1v) is 8.20. The van der Waals surface area contributed by atoms with Crippen LogP contribution in [0.5, 0.6) is 11.5 Å². The number of carbonyl (C=O) groups is 2. The van der Waals surface area contributed by atoms with E-state index in [1.165, 1.54) is 24.3 Å². The molecule has 1 aliphatic heterocycles. The minimum atomic E-state index is -1.86. The average molecular weight is 394 g/mol. The Hall–Kier alpha value is -2.92. The summed E-state index contributed by atoms with van der Waals surface area (Å²) in [6.45, 7) is 1.56. The molecule has 1 aliphatic rings. The minimum Gasteiger partial charge on any atom is -0.507 e. The van der Waals surface area contributed by atoms with Gasteiger partial charge in [0.2, 0.25) is 6.29 Å². The Bertz CT molecular complexity index is 940. The summed E-state index contributed by atoms with van der Waals surface area (Å²) >= 11 is 0. The van der Waals surface area contributed by atoms with Crippen molar-refractivity contribution in [2.24, 2.45) is 0 Å². The summed E-state index contributed by atoms with van der Waals surface area (Å²) in [7, 11) is 0. The summed E-state index contributed by atoms with van der Waals surface area (Å²) in [5.41, 5.74) is 0.312. The van der Waals surface area contributed by atoms with Crippen molar-refractivity contribution in [3.8, 4) is 11.5 Å². The summed E-state index contributed by atoms with van der Waals surface area (Å²) in [6, 6.07) is 5.21. The number of fused-ring (bicyclic) bond motifs is 1. The highest BCUT2D eigenvalue weighted by Crippen LogP contribution is 2.38. The van der Waals surface area contributed by atoms with Crippen LogP contribution in [0.3, 0.4) is 0 Å². The molecule has 0 radical (unpaired) electrons. The number of phenols is 1. The largest absolute Gasteiger partial charge is 0.507 e. The van der Waals surface area contributed by atoms with Crippen LogP contribution in [0.1, 0.15) is 15.9 Å². The zero-order valence-electron chi connectivity index (χ0n) is 14.5. The number of aromatic hydroxyl groups is 1. The predicted molar refractivity (Wildman–Crippen MR) is 92.3 cm³/mol. The highest BCUT2D eigenvalue weighted by atomic mass is 16.7. The molecule has 0 unspecified atom stereocenters. The van der Waals surface area contributed by atoms with Crippen molar-refractivity contribution in [2.75, 3.05) is 0 Å². The first kappa shape index (κ1) is 19.8. The van der Waals surface area contributed by atoms with Gasteiger partial charge in [-0.3, -0.25) is 0 Å². The molecule has 5 atom stereocenters. The highest BCUT2D eigenvalue weighted by molar-refractivity contribution is 5.99. The summed E-state index contributed by atoms with van der Waals surface area (Å²) in [5, 5.41) is 58.6. The number of aromatic carboxylic acids is 1. The van der Waals surface area contributed by atoms with Gasteiger partial charge in [-0.1, -0.05) is 0 Å². The van der Waals surface area contributed by atoms with Gasteiger partial charge in [-0.15, -0.1) is 0 Å². The minimum absolute atomic E-state index is 0.0731. The van der Waals surface area contributed by atoms with Gasteiger partial charge in [0.25, 0.3) is 0 Å². The standard InChI is InChI=1S/C18H18O10/c1-6-4-10(19)9-5-7(16(23)24)2-3-8(9)14(6)27-18-13(22)11(20)12(21)15(28-18)17(25)26/h2-5,11-13,15,18-22H,1H3,(H,23,24)(H,25,26)/t11-,12-,13+,15-,18+/m0/s1. The number of aliphatic hydroxyl groups excluding tert-OH is 3. The van der Waals surface area contributed by atoms with Crippen molar-refractivity contribution < 1.29 is 49.7 Å². The fraction of sp³-hybridized carbons (Fsp3) is 0.333. The van der Waals surface area contributed by atoms with Gasteiger partial charge in [0, 0.05) is 10.8 Å². The fourth-order valence-corrected chi connectivity index (χ4v) is 3.07. The molecule has 0 spiro atoms. The fourth-order valence-electron chi connectivity index (χ4n) is 3.07. The van der Waals surface area contributed by atoms with Gasteiger partial charge in [0.05, 0.1) is 5.56 Å². The van der Waals surface area contributed by atoms with Crippen molar-refractivity contribution in [3.05, 3.63) is 35.4 Å². The summed E-state index contributed by atoms with van der Waals surface area (Å²) in [5.74, 6) is -2.87. The second-order valence-electron chi connectivity index (χ2n) is 6.46. The van der Waals surface area contributed by atoms with E-state index in [1.807, 2.05) is 0 Å². The molecule has 1 fully saturated rings. The highest BCUT2D eigenvalue weighted by Gasteiger charge is 2.48. The Labute approximate surface area is 157 Å². The summed E-state index contributed by atoms with van der Waals surface area (Å²) < 4.78 is 10.7. The topological polar surface area (TPSA) is 174 Å². The van der Waals surface area contributed by atoms with E-state index in [4.69, 9.17) is 19.7 Å². The van der Waals surface area contributed by atoms with Crippen LogP contribution < -0.4 is 4.74 Å². The van der Waals surface area contributed by atoms with E-state index >= 15 is 0 Å². The van der Waals surface area contributed by atoms with Gasteiger partial charge < -0.3 is 40.1 Å². The van der Waals surface area contributed by atoms with Crippen LogP contribution in [0.15, 0.2) is 24.3 Å². The van der Waals surface area contributed by atoms with Crippen molar-refractivity contribution in [1.29, 1.82) is 0 Å². The van der Waals surface area contributed by atoms with Crippen molar-refractivity contribution in [2.45, 2.75) is 37.6 Å². The molecule has 2 aromatic rings. The van der Waals surface area contributed by atoms with Crippen LogP contribution in [0.25, 0.3) is 10.8 Å². The predicted octanol–water partition coefficient (Wildman–Crippen LogP) is -0.177. The second kappa shape index (κ2) is 7.24. The van der Waals surface area contributed by atoms with Crippen LogP contribution in [-0.2, 0) is 9.53 Å². The molecule has 6 N–H and O–H groups in total. The van der Waals surface area contributed by atoms with E-state index in [9.17, 15) is 30.0 Å². The molecule has 0 aliphatic carbocycles. The van der Waals surface area contributed by atoms with Gasteiger partial charge in [-0.2, -0.15) is 0 Å². The van der Waals surface area contributed by atoms with Crippen molar-refractivity contribution in [3.63, 3.8) is 0 Å². The van der Waals surface area contributed by atoms with E-state index in [1.54, 1.807) is 6.92 Å². The van der Waals surface area contributed by atoms with E-state index in [-0.39, 0.29) is 27.8 Å². The third-order valence-corrected chi connectivity index (χ3v) is 4.55. The zero-order valence-corrected chi connectivity index (χ0v) is 14.5. The molecule has 2 aromatic carbocycles. The van der Waals surface area contributed by atoms with Crippen LogP contribution in [-0.4, -0.2) is 73.3 Å². The molecule has 0 amide bonds. The number of aliphatic hydroxyl groups is 3. The van der Waals surface area contributed by atoms with Gasteiger partial charge in [-0.05, 0) is 36.8 Å². The summed E-state index contributed by atoms with van der Waals surface area (Å²) in [6.07, 6.45) is -8.91. The lowest BCUT2D eigenvalue weighted by Crippen LogP contribution is -2.61. The van der Waals surface area contributed by atoms with Gasteiger partial charge in [0.15, 0.2) is 6.10 Å². The number of rotatable bonds is 4. The third-order valence-electron chi connectivity index (χ3n) is 4.55. The number of phenolic OH excluding ortho intramolecular Hbond substituents is 1. The van der Waals surface area contributed by atoms with E-state index in [2.05, 4.69) is 0 Å². The molecule has 1 heterocycles. The number of hydrogen-bond acceptors (Lipinski definition) is 8. The maximum absolute atomic E-state index is 11.2. The monoisotopic (exact) mass is 394 g/mol. The molecule has 150 valence electrons. The lowest BCUT2D eigenvalue weighted by Gasteiger charge is -2.38. The van der Waals surface area contributed by atoms with Crippen LogP contribution in [0, 0.1) is 6.92 Å². The number of hydrogen-bond donors (Lipinski definition) is 6. The van der Waals surface area contributed by atoms with Gasteiger partial charge in [0.1, 0.15) is 29.8 Å². The number of carboxylic acids is 2. The number of benzene rings is 2. The summed E-state index contributed by atoms with van der Waals surface area (Å²) in [4.78, 5) is 22.4. The van der Waals surface area contributed by atoms with Gasteiger partial charge >= 0.3 is 11.9 Å². The van der Waals surface area contributed by atoms with Crippen LogP contribution >= 0.6 is 0 Å². The van der Waals surface area contributed by atoms with Crippen LogP contribution in [0.4, 0.5) is 0 Å². The van der Waals surface area contributed by atoms with Crippen LogP contribution in [0.2, 0.25) is 0 Å². The van der Waals surface area contributed by atoms with E-state index in [0.29, 0.717) is 5.56 Å². The third kappa shape index (κ3) is 3.34. The SMILES string of the molecule is Cc1cc(O)c2cc(C(=O)O)ccc2c1O[C@@H]1O[C@H](C(=O)O)[C@@H](O)[C@H](O)[C@H]1O. The Morgan fingerprint density at radius 3 is 2.29 bits per heavy atom. The molecule has 1 saturated heterocycles. The first-order valence-electron chi connectivity index (χ1n) is 8.20. The molecular weight excluding hydrogens is 376 g/mol. The molecule has 0 saturated carbocycles. The molecule has 10 nitrogen and oxygen atoms in total. The zero-order chi connectivity index (χ0) is 20.7. The number of ether oxygens (including phenoxy) is 2. The molecule has 0 bridgehead atoms. The number of carboxylic acid groups (broad SMARTS) is 2. The Morgan fingerprint density at radius 1 is 1.00 bits per heavy atom. The Kier molecular flexibility index (Phi) is 5.13. The Balaban J connectivity index is 2.04. The molecule has 3 rings (SSSR count). The molecule has 0 aromatic heterocycles. The van der Waals surface area contributed by atoms with E-state index < -0.39 is 42.6 Å². The lowest BCUT2D eigenvalue weighted by molar-refractivity contribution is -0.271. The molecular formula is C18H18O10. The van der Waals surface area contributed by atoms with Crippen molar-refractivity contribution >= 4 is 22.7 Å². The molecule has 10 heteroatoms. The maximum atomic E-state index is 11.2. The number of aliphatic carboxylic acids is 1. The normalized spacial score (nSPS) is 27.5. The maximum Gasteiger partial charge on any atom is 0.335 e.